The average molecular weight is 644 g/mol. The fourth-order valence-corrected chi connectivity index (χ4v) is 6.13. The number of benzene rings is 2. The Morgan fingerprint density at radius 3 is 2.41 bits per heavy atom. The first-order valence-corrected chi connectivity index (χ1v) is 14.5. The van der Waals surface area contributed by atoms with Crippen molar-refractivity contribution < 1.29 is 36.6 Å². The van der Waals surface area contributed by atoms with Crippen molar-refractivity contribution >= 4 is 17.7 Å². The van der Waals surface area contributed by atoms with E-state index in [-0.39, 0.29) is 34.0 Å². The van der Waals surface area contributed by atoms with E-state index in [9.17, 15) is 31.9 Å². The molecule has 2 fully saturated rings. The third kappa shape index (κ3) is 6.32. The van der Waals surface area contributed by atoms with Crippen molar-refractivity contribution in [2.75, 3.05) is 30.3 Å². The molecule has 2 aliphatic heterocycles. The summed E-state index contributed by atoms with van der Waals surface area (Å²) in [4.78, 5) is 21.5. The monoisotopic (exact) mass is 643 g/mol. The number of carboxylic acid groups (broad SMARTS) is 1. The highest BCUT2D eigenvalue weighted by molar-refractivity contribution is 5.74. The Kier molecular flexibility index (Phi) is 8.04. The van der Waals surface area contributed by atoms with Crippen LogP contribution in [0.4, 0.5) is 33.7 Å². The number of anilines is 2. The Morgan fingerprint density at radius 1 is 1.07 bits per heavy atom. The highest BCUT2D eigenvalue weighted by Crippen LogP contribution is 2.43. The maximum Gasteiger partial charge on any atom is 0.429 e. The minimum atomic E-state index is -4.92. The van der Waals surface area contributed by atoms with Gasteiger partial charge in [0.2, 0.25) is 17.9 Å². The van der Waals surface area contributed by atoms with Gasteiger partial charge in [0.25, 0.3) is 0 Å². The standard InChI is InChI=1S/C31H30F5N7O3/c1-17-6-9-43(41-17)24-13-19(18-3-5-21(32)22(33)12-18)2-4-20(24)27(31(34,35)36)46-26-14-25(39-29(37)40-26)42-10-7-30(8-11-42)15-23(28(44)45)38-16-30/h2-6,9,12-14,23,27,38H,7-8,10-11,15-16H2,1H3,(H,44,45)(H2,37,39,40)/t23?,27-/m1/s1. The predicted molar refractivity (Wildman–Crippen MR) is 157 cm³/mol. The summed E-state index contributed by atoms with van der Waals surface area (Å²) in [7, 11) is 0. The lowest BCUT2D eigenvalue weighted by Crippen LogP contribution is -2.41. The van der Waals surface area contributed by atoms with Gasteiger partial charge < -0.3 is 25.8 Å². The van der Waals surface area contributed by atoms with Gasteiger partial charge in [-0.05, 0) is 67.0 Å². The van der Waals surface area contributed by atoms with Crippen LogP contribution in [-0.4, -0.2) is 62.7 Å². The lowest BCUT2D eigenvalue weighted by molar-refractivity contribution is -0.198. The lowest BCUT2D eigenvalue weighted by Gasteiger charge is -2.39. The van der Waals surface area contributed by atoms with Crippen LogP contribution in [0.1, 0.15) is 36.6 Å². The van der Waals surface area contributed by atoms with Crippen LogP contribution < -0.4 is 20.7 Å². The van der Waals surface area contributed by atoms with Crippen molar-refractivity contribution in [1.29, 1.82) is 0 Å². The predicted octanol–water partition coefficient (Wildman–Crippen LogP) is 5.21. The van der Waals surface area contributed by atoms with Crippen LogP contribution in [0.15, 0.2) is 54.7 Å². The van der Waals surface area contributed by atoms with Gasteiger partial charge in [0.15, 0.2) is 11.6 Å². The van der Waals surface area contributed by atoms with Gasteiger partial charge in [0, 0.05) is 37.5 Å². The zero-order valence-electron chi connectivity index (χ0n) is 24.6. The second kappa shape index (κ2) is 11.9. The molecule has 1 spiro atoms. The van der Waals surface area contributed by atoms with Crippen LogP contribution in [-0.2, 0) is 4.79 Å². The molecule has 15 heteroatoms. The second-order valence-corrected chi connectivity index (χ2v) is 11.7. The van der Waals surface area contributed by atoms with E-state index >= 15 is 0 Å². The molecule has 4 N–H and O–H groups in total. The quantitative estimate of drug-likeness (QED) is 0.232. The van der Waals surface area contributed by atoms with E-state index in [0.717, 1.165) is 12.1 Å². The van der Waals surface area contributed by atoms with Crippen molar-refractivity contribution in [3.8, 4) is 22.7 Å². The van der Waals surface area contributed by atoms with Crippen molar-refractivity contribution in [3.05, 3.63) is 77.6 Å². The van der Waals surface area contributed by atoms with Crippen LogP contribution in [0.5, 0.6) is 5.88 Å². The molecule has 0 aliphatic carbocycles. The maximum absolute atomic E-state index is 14.7. The summed E-state index contributed by atoms with van der Waals surface area (Å²) in [5.41, 5.74) is 6.57. The summed E-state index contributed by atoms with van der Waals surface area (Å²) in [6.45, 7) is 3.22. The van der Waals surface area contributed by atoms with E-state index in [0.29, 0.717) is 50.2 Å². The van der Waals surface area contributed by atoms with E-state index in [1.807, 2.05) is 4.90 Å². The number of piperidine rings is 1. The molecule has 4 heterocycles. The van der Waals surface area contributed by atoms with Crippen molar-refractivity contribution in [2.24, 2.45) is 5.41 Å². The molecule has 0 amide bonds. The zero-order valence-corrected chi connectivity index (χ0v) is 24.6. The van der Waals surface area contributed by atoms with Gasteiger partial charge in [-0.15, -0.1) is 0 Å². The molecule has 0 saturated carbocycles. The van der Waals surface area contributed by atoms with Crippen LogP contribution >= 0.6 is 0 Å². The highest BCUT2D eigenvalue weighted by Gasteiger charge is 2.46. The molecule has 6 rings (SSSR count). The number of nitrogens with one attached hydrogen (secondary N) is 1. The third-order valence-corrected chi connectivity index (χ3v) is 8.58. The molecule has 242 valence electrons. The molecule has 0 bridgehead atoms. The Bertz CT molecular complexity index is 1770. The number of carbonyl (C=O) groups is 1. The highest BCUT2D eigenvalue weighted by atomic mass is 19.4. The minimum Gasteiger partial charge on any atom is -0.480 e. The van der Waals surface area contributed by atoms with Crippen LogP contribution in [0, 0.1) is 24.0 Å². The minimum absolute atomic E-state index is 0.00563. The first-order chi connectivity index (χ1) is 21.8. The number of aliphatic carboxylic acids is 1. The molecule has 10 nitrogen and oxygen atoms in total. The first kappa shape index (κ1) is 31.2. The van der Waals surface area contributed by atoms with Gasteiger partial charge in [0.05, 0.1) is 11.4 Å². The maximum atomic E-state index is 14.7. The van der Waals surface area contributed by atoms with Crippen molar-refractivity contribution in [3.63, 3.8) is 0 Å². The summed E-state index contributed by atoms with van der Waals surface area (Å²) >= 11 is 0. The number of nitrogens with two attached hydrogens (primary N) is 1. The number of carboxylic acids is 1. The Labute approximate surface area is 260 Å². The number of halogens is 5. The molecule has 2 saturated heterocycles. The third-order valence-electron chi connectivity index (χ3n) is 8.58. The fourth-order valence-electron chi connectivity index (χ4n) is 6.13. The number of ether oxygens (including phenoxy) is 1. The van der Waals surface area contributed by atoms with Gasteiger partial charge in [0.1, 0.15) is 11.9 Å². The summed E-state index contributed by atoms with van der Waals surface area (Å²) in [6, 6.07) is 9.49. The largest absolute Gasteiger partial charge is 0.480 e. The number of nitrogens with zero attached hydrogens (tertiary/aromatic N) is 5. The number of nitrogen functional groups attached to an aromatic ring is 1. The van der Waals surface area contributed by atoms with Gasteiger partial charge in [-0.2, -0.15) is 28.2 Å². The van der Waals surface area contributed by atoms with Gasteiger partial charge in [-0.25, -0.2) is 13.5 Å². The zero-order chi connectivity index (χ0) is 32.8. The molecule has 0 radical (unpaired) electrons. The van der Waals surface area contributed by atoms with Crippen LogP contribution in [0.25, 0.3) is 16.8 Å². The van der Waals surface area contributed by atoms with Crippen LogP contribution in [0.2, 0.25) is 0 Å². The van der Waals surface area contributed by atoms with E-state index < -0.39 is 41.8 Å². The van der Waals surface area contributed by atoms with Crippen LogP contribution in [0.3, 0.4) is 0 Å². The number of aromatic nitrogens is 4. The normalized spacial score (nSPS) is 18.6. The second-order valence-electron chi connectivity index (χ2n) is 11.7. The number of alkyl halides is 3. The molecule has 46 heavy (non-hydrogen) atoms. The van der Waals surface area contributed by atoms with Crippen molar-refractivity contribution in [1.82, 2.24) is 25.1 Å². The van der Waals surface area contributed by atoms with E-state index in [2.05, 4.69) is 20.4 Å². The number of hydrogen-bond acceptors (Lipinski definition) is 8. The van der Waals surface area contributed by atoms with Gasteiger partial charge in [-0.3, -0.25) is 4.79 Å². The number of hydrogen-bond donors (Lipinski definition) is 3. The van der Waals surface area contributed by atoms with E-state index in [4.69, 9.17) is 10.5 Å². The Balaban J connectivity index is 1.31. The SMILES string of the molecule is Cc1ccn(-c2cc(-c3ccc(F)c(F)c3)ccc2[C@@H](Oc2cc(N3CCC4(CC3)CNC(C(=O)O)C4)nc(N)n2)C(F)(F)F)n1. The lowest BCUT2D eigenvalue weighted by atomic mass is 9.76. The molecule has 1 unspecified atom stereocenters. The fraction of sp³-hybridized carbons (Fsp3) is 0.355. The molecule has 2 aliphatic rings. The number of rotatable bonds is 7. The summed E-state index contributed by atoms with van der Waals surface area (Å²) in [6.07, 6.45) is -4.14. The Hall–Kier alpha value is -4.79. The topological polar surface area (TPSA) is 131 Å². The molecule has 2 atom stereocenters. The molecule has 2 aromatic heterocycles. The average Bonchev–Trinajstić information content (AvgIpc) is 3.63. The van der Waals surface area contributed by atoms with Gasteiger partial charge in [-0.1, -0.05) is 18.2 Å². The summed E-state index contributed by atoms with van der Waals surface area (Å²) in [5.74, 6) is -3.43. The summed E-state index contributed by atoms with van der Waals surface area (Å²) in [5, 5.41) is 16.7. The van der Waals surface area contributed by atoms with E-state index in [1.165, 1.54) is 41.2 Å². The number of aryl methyl sites for hydroxylation is 1. The molecule has 2 aromatic carbocycles. The van der Waals surface area contributed by atoms with Gasteiger partial charge >= 0.3 is 12.1 Å². The summed E-state index contributed by atoms with van der Waals surface area (Å²) < 4.78 is 78.6. The molecular weight excluding hydrogens is 613 g/mol. The van der Waals surface area contributed by atoms with Crippen molar-refractivity contribution in [2.45, 2.75) is 44.5 Å². The molecular formula is C31H30F5N7O3. The first-order valence-electron chi connectivity index (χ1n) is 14.5. The smallest absolute Gasteiger partial charge is 0.429 e. The molecule has 4 aromatic rings. The Morgan fingerprint density at radius 2 is 1.78 bits per heavy atom. The van der Waals surface area contributed by atoms with E-state index in [1.54, 1.807) is 13.0 Å².